The lowest BCUT2D eigenvalue weighted by Crippen LogP contribution is -2.24. The maximum atomic E-state index is 6.09. The minimum atomic E-state index is 0.533. The Kier molecular flexibility index (Phi) is 21.3. The quantitative estimate of drug-likeness (QED) is 0.124. The van der Waals surface area contributed by atoms with Gasteiger partial charge in [0.2, 0.25) is 0 Å². The average molecular weight is 646 g/mol. The van der Waals surface area contributed by atoms with E-state index >= 15 is 0 Å². The first-order chi connectivity index (χ1) is 22.8. The molecule has 0 radical (unpaired) electrons. The van der Waals surface area contributed by atoms with Gasteiger partial charge in [0.15, 0.2) is 0 Å². The Labute approximate surface area is 275 Å². The molecule has 1 heterocycles. The maximum Gasteiger partial charge on any atom is 0.127 e. The zero-order valence-corrected chi connectivity index (χ0v) is 28.0. The summed E-state index contributed by atoms with van der Waals surface area (Å²) in [4.78, 5) is 2.30. The van der Waals surface area contributed by atoms with E-state index in [1.54, 1.807) is 7.11 Å². The first-order valence-corrected chi connectivity index (χ1v) is 16.5. The first-order valence-electron chi connectivity index (χ1n) is 16.5. The second-order valence-corrected chi connectivity index (χ2v) is 10.8. The smallest absolute Gasteiger partial charge is 0.127 e. The number of rotatable bonds is 28. The van der Waals surface area contributed by atoms with E-state index in [4.69, 9.17) is 42.6 Å². The normalized spacial score (nSPS) is 13.5. The molecule has 2 aromatic rings. The van der Waals surface area contributed by atoms with Gasteiger partial charge in [-0.05, 0) is 42.7 Å². The van der Waals surface area contributed by atoms with E-state index in [0.29, 0.717) is 106 Å². The number of fused-ring (bicyclic) bond motifs is 2. The van der Waals surface area contributed by atoms with Gasteiger partial charge < -0.3 is 47.5 Å². The van der Waals surface area contributed by atoms with Crippen LogP contribution in [0.15, 0.2) is 54.6 Å². The Morgan fingerprint density at radius 2 is 1.09 bits per heavy atom. The van der Waals surface area contributed by atoms with Crippen LogP contribution in [0.5, 0.6) is 5.75 Å². The van der Waals surface area contributed by atoms with Gasteiger partial charge in [-0.3, -0.25) is 0 Å². The molecule has 1 aliphatic heterocycles. The summed E-state index contributed by atoms with van der Waals surface area (Å²) in [5.74, 6) is 0.942. The van der Waals surface area contributed by atoms with E-state index in [9.17, 15) is 0 Å². The molecule has 10 heteroatoms. The number of ether oxygens (including phenoxy) is 9. The fourth-order valence-corrected chi connectivity index (χ4v) is 4.71. The molecule has 0 aromatic heterocycles. The molecule has 2 aromatic carbocycles. The SMILES string of the molecule is COCCOCCCOCCOCCOCCOCCOCCOCCN(C)CC/C=C1/c2ccccc2COc2ccccc21. The molecule has 0 saturated heterocycles. The van der Waals surface area contributed by atoms with E-state index in [0.717, 1.165) is 37.2 Å². The van der Waals surface area contributed by atoms with Gasteiger partial charge in [-0.15, -0.1) is 0 Å². The number of para-hydroxylation sites is 1. The van der Waals surface area contributed by atoms with E-state index in [1.165, 1.54) is 16.7 Å². The van der Waals surface area contributed by atoms with Crippen molar-refractivity contribution in [1.29, 1.82) is 0 Å². The van der Waals surface area contributed by atoms with Gasteiger partial charge in [-0.1, -0.05) is 48.5 Å². The first kappa shape index (κ1) is 38.1. The summed E-state index contributed by atoms with van der Waals surface area (Å²) in [6.07, 6.45) is 4.15. The lowest BCUT2D eigenvalue weighted by Gasteiger charge is -2.16. The summed E-state index contributed by atoms with van der Waals surface area (Å²) >= 11 is 0. The van der Waals surface area contributed by atoms with Gasteiger partial charge in [0.05, 0.1) is 85.9 Å². The predicted molar refractivity (Wildman–Crippen MR) is 179 cm³/mol. The lowest BCUT2D eigenvalue weighted by molar-refractivity contribution is -0.0183. The molecule has 3 rings (SSSR count). The Morgan fingerprint density at radius 3 is 1.70 bits per heavy atom. The van der Waals surface area contributed by atoms with Crippen LogP contribution in [0.3, 0.4) is 0 Å². The van der Waals surface area contributed by atoms with Crippen LogP contribution in [-0.2, 0) is 44.5 Å². The summed E-state index contributed by atoms with van der Waals surface area (Å²) in [7, 11) is 3.79. The highest BCUT2D eigenvalue weighted by Crippen LogP contribution is 2.36. The molecule has 0 N–H and O–H groups in total. The molecule has 258 valence electrons. The van der Waals surface area contributed by atoms with Gasteiger partial charge in [0, 0.05) is 39.0 Å². The Balaban J connectivity index is 1.08. The van der Waals surface area contributed by atoms with Crippen molar-refractivity contribution in [2.75, 3.05) is 126 Å². The lowest BCUT2D eigenvalue weighted by atomic mass is 9.93. The van der Waals surface area contributed by atoms with Crippen LogP contribution < -0.4 is 4.74 Å². The molecule has 0 aliphatic carbocycles. The molecule has 0 spiro atoms. The van der Waals surface area contributed by atoms with Gasteiger partial charge in [0.25, 0.3) is 0 Å². The largest absolute Gasteiger partial charge is 0.488 e. The fourth-order valence-electron chi connectivity index (χ4n) is 4.71. The predicted octanol–water partition coefficient (Wildman–Crippen LogP) is 4.49. The van der Waals surface area contributed by atoms with Crippen LogP contribution in [0.4, 0.5) is 0 Å². The number of benzene rings is 2. The minimum Gasteiger partial charge on any atom is -0.488 e. The van der Waals surface area contributed by atoms with Crippen LogP contribution in [0, 0.1) is 0 Å². The summed E-state index contributed by atoms with van der Waals surface area (Å²) in [6, 6.07) is 16.8. The van der Waals surface area contributed by atoms with Crippen molar-refractivity contribution in [3.8, 4) is 5.75 Å². The molecule has 0 saturated carbocycles. The standard InChI is InChI=1S/C36H55NO9/c1-37(14-7-12-34-33-10-4-3-9-32(33)31-46-36-13-6-5-11-35(34)36)15-18-41-22-24-43-26-28-45-30-29-44-27-25-42-23-21-40-17-8-16-39-20-19-38-2/h3-6,9-13H,7-8,14-31H2,1-2H3/b34-12-. The topological polar surface area (TPSA) is 86.3 Å². The molecule has 0 fully saturated rings. The van der Waals surface area contributed by atoms with Crippen molar-refractivity contribution in [1.82, 2.24) is 4.90 Å². The number of nitrogens with zero attached hydrogens (tertiary/aromatic N) is 1. The second-order valence-electron chi connectivity index (χ2n) is 10.8. The van der Waals surface area contributed by atoms with E-state index in [1.807, 2.05) is 6.07 Å². The van der Waals surface area contributed by atoms with Crippen molar-refractivity contribution in [3.63, 3.8) is 0 Å². The van der Waals surface area contributed by atoms with E-state index < -0.39 is 0 Å². The van der Waals surface area contributed by atoms with Crippen molar-refractivity contribution >= 4 is 5.57 Å². The summed E-state index contributed by atoms with van der Waals surface area (Å²) in [5.41, 5.74) is 4.88. The summed E-state index contributed by atoms with van der Waals surface area (Å²) in [5, 5.41) is 0. The van der Waals surface area contributed by atoms with Gasteiger partial charge in [-0.25, -0.2) is 0 Å². The molecule has 1 aliphatic rings. The molecular formula is C36H55NO9. The maximum absolute atomic E-state index is 6.09. The highest BCUT2D eigenvalue weighted by molar-refractivity contribution is 5.84. The monoisotopic (exact) mass is 645 g/mol. The van der Waals surface area contributed by atoms with E-state index in [2.05, 4.69) is 60.5 Å². The highest BCUT2D eigenvalue weighted by atomic mass is 16.6. The third-order valence-corrected chi connectivity index (χ3v) is 7.21. The Bertz CT molecular complexity index is 1020. The average Bonchev–Trinajstić information content (AvgIpc) is 3.23. The van der Waals surface area contributed by atoms with E-state index in [-0.39, 0.29) is 0 Å². The Hall–Kier alpha value is -2.38. The van der Waals surface area contributed by atoms with Gasteiger partial charge in [0.1, 0.15) is 12.4 Å². The highest BCUT2D eigenvalue weighted by Gasteiger charge is 2.18. The van der Waals surface area contributed by atoms with Crippen molar-refractivity contribution in [2.45, 2.75) is 19.4 Å². The Morgan fingerprint density at radius 1 is 0.587 bits per heavy atom. The van der Waals surface area contributed by atoms with Gasteiger partial charge in [-0.2, -0.15) is 0 Å². The van der Waals surface area contributed by atoms with Crippen LogP contribution >= 0.6 is 0 Å². The zero-order chi connectivity index (χ0) is 32.3. The van der Waals surface area contributed by atoms with Crippen molar-refractivity contribution < 1.29 is 42.6 Å². The molecule has 10 nitrogen and oxygen atoms in total. The number of likely N-dealkylation sites (N-methyl/N-ethyl adjacent to an activating group) is 1. The van der Waals surface area contributed by atoms with Crippen molar-refractivity contribution in [2.24, 2.45) is 0 Å². The zero-order valence-electron chi connectivity index (χ0n) is 28.0. The second kappa shape index (κ2) is 25.7. The number of methoxy groups -OCH3 is 1. The van der Waals surface area contributed by atoms with Crippen LogP contribution in [-0.4, -0.2) is 131 Å². The number of hydrogen-bond acceptors (Lipinski definition) is 10. The molecule has 46 heavy (non-hydrogen) atoms. The van der Waals surface area contributed by atoms with Crippen molar-refractivity contribution in [3.05, 3.63) is 71.3 Å². The molecule has 0 amide bonds. The fraction of sp³-hybridized carbons (Fsp3) is 0.611. The molecule has 0 atom stereocenters. The molecule has 0 unspecified atom stereocenters. The van der Waals surface area contributed by atoms with Crippen LogP contribution in [0.25, 0.3) is 5.57 Å². The summed E-state index contributed by atoms with van der Waals surface area (Å²) < 4.78 is 49.8. The summed E-state index contributed by atoms with van der Waals surface area (Å²) in [6.45, 7) is 11.2. The molecule has 0 bridgehead atoms. The third kappa shape index (κ3) is 16.4. The van der Waals surface area contributed by atoms with Crippen LogP contribution in [0.2, 0.25) is 0 Å². The minimum absolute atomic E-state index is 0.533. The molecular weight excluding hydrogens is 590 g/mol. The number of hydrogen-bond donors (Lipinski definition) is 0. The van der Waals surface area contributed by atoms with Crippen LogP contribution in [0.1, 0.15) is 29.5 Å². The third-order valence-electron chi connectivity index (χ3n) is 7.21. The van der Waals surface area contributed by atoms with Gasteiger partial charge >= 0.3 is 0 Å².